The minimum absolute atomic E-state index is 0.00468. The van der Waals surface area contributed by atoms with Crippen LogP contribution in [0.2, 0.25) is 0 Å². The number of thioether (sulfide) groups is 1. The van der Waals surface area contributed by atoms with E-state index in [0.717, 1.165) is 11.3 Å². The average molecular weight is 598 g/mol. The zero-order valence-electron chi connectivity index (χ0n) is 20.6. The van der Waals surface area contributed by atoms with Crippen molar-refractivity contribution in [1.82, 2.24) is 5.32 Å². The standard InChI is InChI=1S/C27H24BrN3O6S/c1-3-35-21-10-8-19(9-11-21)29-27-30-26(32)24(38-27)15-18-13-22(28)25(23(14-18)36-4-2)37-16-17-6-5-7-20(12-17)31(33)34/h5-15H,3-4,16H2,1-2H3,(H,29,30,32)/b24-15+. The van der Waals surface area contributed by atoms with Crippen LogP contribution in [-0.2, 0) is 11.4 Å². The van der Waals surface area contributed by atoms with Crippen molar-refractivity contribution >= 4 is 56.2 Å². The van der Waals surface area contributed by atoms with Gasteiger partial charge in [-0.25, -0.2) is 4.99 Å². The summed E-state index contributed by atoms with van der Waals surface area (Å²) in [6, 6.07) is 17.2. The first-order valence-corrected chi connectivity index (χ1v) is 13.3. The number of carbonyl (C=O) groups excluding carboxylic acids is 1. The molecule has 0 unspecified atom stereocenters. The quantitative estimate of drug-likeness (QED) is 0.159. The molecule has 11 heteroatoms. The maximum Gasteiger partial charge on any atom is 0.269 e. The summed E-state index contributed by atoms with van der Waals surface area (Å²) in [5, 5.41) is 14.3. The van der Waals surface area contributed by atoms with Gasteiger partial charge in [-0.3, -0.25) is 14.9 Å². The number of hydrogen-bond donors (Lipinski definition) is 1. The Kier molecular flexibility index (Phi) is 9.03. The second kappa shape index (κ2) is 12.6. The summed E-state index contributed by atoms with van der Waals surface area (Å²) in [4.78, 5) is 28.2. The molecule has 0 radical (unpaired) electrons. The fourth-order valence-electron chi connectivity index (χ4n) is 3.52. The van der Waals surface area contributed by atoms with Crippen molar-refractivity contribution in [3.05, 3.63) is 91.3 Å². The Balaban J connectivity index is 1.52. The first-order valence-electron chi connectivity index (χ1n) is 11.7. The zero-order valence-corrected chi connectivity index (χ0v) is 23.0. The van der Waals surface area contributed by atoms with Crippen LogP contribution in [0.4, 0.5) is 11.4 Å². The summed E-state index contributed by atoms with van der Waals surface area (Å²) in [6.07, 6.45) is 1.75. The van der Waals surface area contributed by atoms with Crippen molar-refractivity contribution in [3.8, 4) is 17.2 Å². The van der Waals surface area contributed by atoms with Crippen LogP contribution < -0.4 is 19.5 Å². The molecule has 4 rings (SSSR count). The van der Waals surface area contributed by atoms with E-state index < -0.39 is 4.92 Å². The van der Waals surface area contributed by atoms with E-state index in [1.165, 1.54) is 23.9 Å². The Morgan fingerprint density at radius 3 is 2.53 bits per heavy atom. The van der Waals surface area contributed by atoms with Gasteiger partial charge in [-0.1, -0.05) is 12.1 Å². The predicted octanol–water partition coefficient (Wildman–Crippen LogP) is 6.63. The molecule has 0 spiro atoms. The van der Waals surface area contributed by atoms with E-state index in [1.54, 1.807) is 24.3 Å². The molecule has 1 aliphatic heterocycles. The Bertz CT molecular complexity index is 1410. The Morgan fingerprint density at radius 2 is 1.82 bits per heavy atom. The Morgan fingerprint density at radius 1 is 1.05 bits per heavy atom. The van der Waals surface area contributed by atoms with Gasteiger partial charge in [0.25, 0.3) is 11.6 Å². The number of ether oxygens (including phenoxy) is 3. The molecular formula is C27H24BrN3O6S. The molecule has 1 amide bonds. The zero-order chi connectivity index (χ0) is 27.1. The van der Waals surface area contributed by atoms with E-state index in [2.05, 4.69) is 26.2 Å². The number of rotatable bonds is 10. The molecule has 1 fully saturated rings. The van der Waals surface area contributed by atoms with E-state index in [4.69, 9.17) is 14.2 Å². The molecule has 1 saturated heterocycles. The molecule has 38 heavy (non-hydrogen) atoms. The van der Waals surface area contributed by atoms with Crippen molar-refractivity contribution in [2.75, 3.05) is 13.2 Å². The number of non-ortho nitro benzene ring substituents is 1. The number of nitro groups is 1. The maximum absolute atomic E-state index is 12.6. The van der Waals surface area contributed by atoms with Gasteiger partial charge in [0.2, 0.25) is 0 Å². The summed E-state index contributed by atoms with van der Waals surface area (Å²) < 4.78 is 17.8. The molecule has 0 aliphatic carbocycles. The second-order valence-corrected chi connectivity index (χ2v) is 9.77. The Hall–Kier alpha value is -3.83. The van der Waals surface area contributed by atoms with Crippen LogP contribution in [0.1, 0.15) is 25.0 Å². The highest BCUT2D eigenvalue weighted by atomic mass is 79.9. The van der Waals surface area contributed by atoms with E-state index >= 15 is 0 Å². The first kappa shape index (κ1) is 27.2. The van der Waals surface area contributed by atoms with Gasteiger partial charge in [0, 0.05) is 12.1 Å². The number of nitro benzene ring substituents is 1. The molecule has 1 heterocycles. The van der Waals surface area contributed by atoms with Gasteiger partial charge in [0.1, 0.15) is 12.4 Å². The van der Waals surface area contributed by atoms with Gasteiger partial charge >= 0.3 is 0 Å². The lowest BCUT2D eigenvalue weighted by Crippen LogP contribution is -2.19. The largest absolute Gasteiger partial charge is 0.494 e. The lowest BCUT2D eigenvalue weighted by molar-refractivity contribution is -0.384. The first-order chi connectivity index (χ1) is 18.4. The summed E-state index contributed by atoms with van der Waals surface area (Å²) >= 11 is 4.77. The van der Waals surface area contributed by atoms with Crippen molar-refractivity contribution in [3.63, 3.8) is 0 Å². The van der Waals surface area contributed by atoms with Crippen LogP contribution in [0.5, 0.6) is 17.2 Å². The third-order valence-electron chi connectivity index (χ3n) is 5.16. The number of amidine groups is 1. The normalized spacial score (nSPS) is 15.0. The minimum Gasteiger partial charge on any atom is -0.494 e. The molecule has 0 bridgehead atoms. The highest BCUT2D eigenvalue weighted by Crippen LogP contribution is 2.39. The van der Waals surface area contributed by atoms with Crippen molar-refractivity contribution < 1.29 is 23.9 Å². The van der Waals surface area contributed by atoms with Crippen molar-refractivity contribution in [2.24, 2.45) is 4.99 Å². The SMILES string of the molecule is CCOc1ccc(N=C2NC(=O)/C(=C\c3cc(Br)c(OCc4cccc([N+](=O)[O-])c4)c(OCC)c3)S2)cc1. The number of amides is 1. The fraction of sp³-hybridized carbons (Fsp3) is 0.185. The van der Waals surface area contributed by atoms with E-state index in [0.29, 0.717) is 50.5 Å². The van der Waals surface area contributed by atoms with Gasteiger partial charge in [0.05, 0.1) is 33.2 Å². The third-order valence-corrected chi connectivity index (χ3v) is 6.66. The molecule has 0 saturated carbocycles. The highest BCUT2D eigenvalue weighted by Gasteiger charge is 2.24. The topological polar surface area (TPSA) is 112 Å². The van der Waals surface area contributed by atoms with Gasteiger partial charge in [-0.15, -0.1) is 0 Å². The highest BCUT2D eigenvalue weighted by molar-refractivity contribution is 9.10. The number of nitrogens with one attached hydrogen (secondary N) is 1. The number of carbonyl (C=O) groups is 1. The number of nitrogens with zero attached hydrogens (tertiary/aromatic N) is 2. The van der Waals surface area contributed by atoms with E-state index in [1.807, 2.05) is 44.2 Å². The molecule has 0 aromatic heterocycles. The summed E-state index contributed by atoms with van der Waals surface area (Å²) in [5.74, 6) is 1.45. The van der Waals surface area contributed by atoms with Gasteiger partial charge in [-0.05, 0) is 95.1 Å². The maximum atomic E-state index is 12.6. The molecule has 1 aliphatic rings. The minimum atomic E-state index is -0.446. The number of aliphatic imine (C=N–C) groups is 1. The van der Waals surface area contributed by atoms with E-state index in [-0.39, 0.29) is 18.2 Å². The monoisotopic (exact) mass is 597 g/mol. The summed E-state index contributed by atoms with van der Waals surface area (Å²) in [6.45, 7) is 4.87. The van der Waals surface area contributed by atoms with Crippen LogP contribution in [0.3, 0.4) is 0 Å². The summed E-state index contributed by atoms with van der Waals surface area (Å²) in [5.41, 5.74) is 2.07. The molecular weight excluding hydrogens is 574 g/mol. The predicted molar refractivity (Wildman–Crippen MR) is 151 cm³/mol. The Labute approximate surface area is 232 Å². The van der Waals surface area contributed by atoms with Crippen molar-refractivity contribution in [1.29, 1.82) is 0 Å². The molecule has 3 aromatic carbocycles. The van der Waals surface area contributed by atoms with Crippen LogP contribution >= 0.6 is 27.7 Å². The fourth-order valence-corrected chi connectivity index (χ4v) is 4.94. The second-order valence-electron chi connectivity index (χ2n) is 7.89. The number of hydrogen-bond acceptors (Lipinski definition) is 8. The van der Waals surface area contributed by atoms with E-state index in [9.17, 15) is 14.9 Å². The van der Waals surface area contributed by atoms with Gasteiger partial charge in [-0.2, -0.15) is 0 Å². The summed E-state index contributed by atoms with van der Waals surface area (Å²) in [7, 11) is 0. The molecule has 0 atom stereocenters. The molecule has 196 valence electrons. The van der Waals surface area contributed by atoms with Gasteiger partial charge in [0.15, 0.2) is 16.7 Å². The van der Waals surface area contributed by atoms with Crippen LogP contribution in [-0.4, -0.2) is 29.2 Å². The lowest BCUT2D eigenvalue weighted by atomic mass is 10.1. The number of benzene rings is 3. The van der Waals surface area contributed by atoms with Crippen LogP contribution in [0.25, 0.3) is 6.08 Å². The average Bonchev–Trinajstić information content (AvgIpc) is 3.23. The van der Waals surface area contributed by atoms with Crippen LogP contribution in [0, 0.1) is 10.1 Å². The molecule has 3 aromatic rings. The van der Waals surface area contributed by atoms with Crippen LogP contribution in [0.15, 0.2) is 75.0 Å². The lowest BCUT2D eigenvalue weighted by Gasteiger charge is -2.15. The smallest absolute Gasteiger partial charge is 0.269 e. The molecule has 9 nitrogen and oxygen atoms in total. The van der Waals surface area contributed by atoms with Gasteiger partial charge < -0.3 is 19.5 Å². The number of halogens is 1. The molecule has 1 N–H and O–H groups in total. The van der Waals surface area contributed by atoms with Crippen molar-refractivity contribution in [2.45, 2.75) is 20.5 Å². The third kappa shape index (κ3) is 6.93.